The van der Waals surface area contributed by atoms with Crippen molar-refractivity contribution in [3.05, 3.63) is 40.8 Å². The molecule has 0 atom stereocenters. The average Bonchev–Trinajstić information content (AvgIpc) is 2.46. The molecule has 2 N–H and O–H groups in total. The Bertz CT molecular complexity index is 685. The highest BCUT2D eigenvalue weighted by molar-refractivity contribution is 5.88. The molecule has 0 bridgehead atoms. The van der Waals surface area contributed by atoms with Crippen LogP contribution in [0.3, 0.4) is 0 Å². The van der Waals surface area contributed by atoms with Gasteiger partial charge in [-0.05, 0) is 31.5 Å². The molecule has 102 valence electrons. The molecule has 0 unspecified atom stereocenters. The number of pyridine rings is 1. The number of aromatic nitrogens is 3. The van der Waals surface area contributed by atoms with Crippen molar-refractivity contribution >= 4 is 5.97 Å². The minimum atomic E-state index is -1.01. The minimum Gasteiger partial charge on any atom is -0.476 e. The summed E-state index contributed by atoms with van der Waals surface area (Å²) in [6, 6.07) is 3.74. The van der Waals surface area contributed by atoms with E-state index in [4.69, 9.17) is 0 Å². The van der Waals surface area contributed by atoms with Gasteiger partial charge in [-0.15, -0.1) is 0 Å². The lowest BCUT2D eigenvalue weighted by Crippen LogP contribution is -2.28. The second kappa shape index (κ2) is 4.97. The third-order valence-corrected chi connectivity index (χ3v) is 3.36. The fourth-order valence-electron chi connectivity index (χ4n) is 2.36. The average molecular weight is 270 g/mol. The van der Waals surface area contributed by atoms with E-state index in [1.165, 1.54) is 0 Å². The van der Waals surface area contributed by atoms with Crippen LogP contribution >= 0.6 is 0 Å². The van der Waals surface area contributed by atoms with E-state index in [-0.39, 0.29) is 5.69 Å². The van der Waals surface area contributed by atoms with Crippen molar-refractivity contribution in [3.63, 3.8) is 0 Å². The van der Waals surface area contributed by atoms with Gasteiger partial charge in [0.15, 0.2) is 11.5 Å². The van der Waals surface area contributed by atoms with Gasteiger partial charge in [0.05, 0.1) is 5.69 Å². The summed E-state index contributed by atoms with van der Waals surface area (Å²) in [6.07, 6.45) is 2.29. The van der Waals surface area contributed by atoms with Gasteiger partial charge in [-0.3, -0.25) is 4.98 Å². The SMILES string of the molecule is Cc1cccnc1-c1nc2c(c(C(=O)O)n1)CCNC2. The summed E-state index contributed by atoms with van der Waals surface area (Å²) < 4.78 is 0. The number of nitrogens with zero attached hydrogens (tertiary/aromatic N) is 3. The molecule has 2 aromatic heterocycles. The van der Waals surface area contributed by atoms with Crippen molar-refractivity contribution < 1.29 is 9.90 Å². The smallest absolute Gasteiger partial charge is 0.354 e. The Morgan fingerprint density at radius 2 is 2.25 bits per heavy atom. The summed E-state index contributed by atoms with van der Waals surface area (Å²) in [7, 11) is 0. The maximum absolute atomic E-state index is 11.4. The highest BCUT2D eigenvalue weighted by atomic mass is 16.4. The van der Waals surface area contributed by atoms with Crippen LogP contribution in [0, 0.1) is 6.92 Å². The fourth-order valence-corrected chi connectivity index (χ4v) is 2.36. The van der Waals surface area contributed by atoms with Gasteiger partial charge in [-0.25, -0.2) is 14.8 Å². The normalized spacial score (nSPS) is 13.8. The highest BCUT2D eigenvalue weighted by Gasteiger charge is 2.22. The second-order valence-electron chi connectivity index (χ2n) is 4.72. The zero-order valence-corrected chi connectivity index (χ0v) is 11.1. The fraction of sp³-hybridized carbons (Fsp3) is 0.286. The van der Waals surface area contributed by atoms with Crippen LogP contribution in [0.25, 0.3) is 11.5 Å². The number of hydrogen-bond acceptors (Lipinski definition) is 5. The van der Waals surface area contributed by atoms with Gasteiger partial charge in [0.25, 0.3) is 0 Å². The first-order chi connectivity index (χ1) is 9.66. The van der Waals surface area contributed by atoms with E-state index in [9.17, 15) is 9.90 Å². The first-order valence-corrected chi connectivity index (χ1v) is 6.42. The van der Waals surface area contributed by atoms with Crippen LogP contribution in [0.15, 0.2) is 18.3 Å². The lowest BCUT2D eigenvalue weighted by Gasteiger charge is -2.18. The zero-order chi connectivity index (χ0) is 14.1. The first kappa shape index (κ1) is 12.7. The summed E-state index contributed by atoms with van der Waals surface area (Å²) in [5, 5.41) is 12.5. The molecule has 0 aliphatic carbocycles. The molecule has 0 amide bonds. The van der Waals surface area contributed by atoms with Crippen molar-refractivity contribution in [3.8, 4) is 11.5 Å². The van der Waals surface area contributed by atoms with Crippen molar-refractivity contribution in [2.75, 3.05) is 6.54 Å². The summed E-state index contributed by atoms with van der Waals surface area (Å²) in [5.41, 5.74) is 3.13. The van der Waals surface area contributed by atoms with Crippen LogP contribution < -0.4 is 5.32 Å². The molecule has 0 fully saturated rings. The molecule has 1 aliphatic rings. The van der Waals surface area contributed by atoms with E-state index in [0.29, 0.717) is 24.5 Å². The highest BCUT2D eigenvalue weighted by Crippen LogP contribution is 2.22. The van der Waals surface area contributed by atoms with Crippen LogP contribution in [-0.4, -0.2) is 32.6 Å². The maximum Gasteiger partial charge on any atom is 0.354 e. The molecule has 0 saturated carbocycles. The predicted molar refractivity (Wildman–Crippen MR) is 72.4 cm³/mol. The molecule has 20 heavy (non-hydrogen) atoms. The largest absolute Gasteiger partial charge is 0.476 e. The number of carbonyl (C=O) groups is 1. The molecule has 0 saturated heterocycles. The van der Waals surface area contributed by atoms with E-state index in [0.717, 1.165) is 23.4 Å². The number of carboxylic acids is 1. The summed E-state index contributed by atoms with van der Waals surface area (Å²) >= 11 is 0. The maximum atomic E-state index is 11.4. The van der Waals surface area contributed by atoms with E-state index in [1.807, 2.05) is 19.1 Å². The van der Waals surface area contributed by atoms with Crippen LogP contribution in [0.5, 0.6) is 0 Å². The monoisotopic (exact) mass is 270 g/mol. The minimum absolute atomic E-state index is 0.0940. The molecule has 3 heterocycles. The Hall–Kier alpha value is -2.34. The number of hydrogen-bond donors (Lipinski definition) is 2. The van der Waals surface area contributed by atoms with Crippen LogP contribution in [-0.2, 0) is 13.0 Å². The summed E-state index contributed by atoms with van der Waals surface area (Å²) in [6.45, 7) is 3.22. The van der Waals surface area contributed by atoms with Crippen LogP contribution in [0.2, 0.25) is 0 Å². The van der Waals surface area contributed by atoms with E-state index in [2.05, 4.69) is 20.3 Å². The Labute approximate surface area is 115 Å². The molecule has 3 rings (SSSR count). The third kappa shape index (κ3) is 2.14. The molecule has 6 heteroatoms. The van der Waals surface area contributed by atoms with Gasteiger partial charge < -0.3 is 10.4 Å². The number of carboxylic acid groups (broad SMARTS) is 1. The first-order valence-electron chi connectivity index (χ1n) is 6.42. The van der Waals surface area contributed by atoms with Crippen molar-refractivity contribution in [1.82, 2.24) is 20.3 Å². The lowest BCUT2D eigenvalue weighted by molar-refractivity contribution is 0.0688. The summed E-state index contributed by atoms with van der Waals surface area (Å²) in [4.78, 5) is 24.4. The van der Waals surface area contributed by atoms with Gasteiger partial charge in [0.1, 0.15) is 5.69 Å². The van der Waals surface area contributed by atoms with E-state index >= 15 is 0 Å². The third-order valence-electron chi connectivity index (χ3n) is 3.36. The van der Waals surface area contributed by atoms with Crippen molar-refractivity contribution in [2.45, 2.75) is 19.9 Å². The van der Waals surface area contributed by atoms with Gasteiger partial charge >= 0.3 is 5.97 Å². The molecule has 0 radical (unpaired) electrons. The molecule has 0 aromatic carbocycles. The number of rotatable bonds is 2. The predicted octanol–water partition coefficient (Wildman–Crippen LogP) is 1.19. The Morgan fingerprint density at radius 3 is 3.00 bits per heavy atom. The molecule has 2 aromatic rings. The molecular weight excluding hydrogens is 256 g/mol. The number of aryl methyl sites for hydroxylation is 1. The number of fused-ring (bicyclic) bond motifs is 1. The topological polar surface area (TPSA) is 88.0 Å². The van der Waals surface area contributed by atoms with Crippen LogP contribution in [0.4, 0.5) is 0 Å². The molecular formula is C14H14N4O2. The summed E-state index contributed by atoms with van der Waals surface area (Å²) in [5.74, 6) is -0.636. The van der Waals surface area contributed by atoms with Gasteiger partial charge in [0.2, 0.25) is 0 Å². The van der Waals surface area contributed by atoms with Crippen LogP contribution in [0.1, 0.15) is 27.3 Å². The Morgan fingerprint density at radius 1 is 1.40 bits per heavy atom. The molecule has 0 spiro atoms. The second-order valence-corrected chi connectivity index (χ2v) is 4.72. The molecule has 1 aliphatic heterocycles. The Kier molecular flexibility index (Phi) is 3.15. The molecule has 6 nitrogen and oxygen atoms in total. The van der Waals surface area contributed by atoms with Gasteiger partial charge in [0, 0.05) is 18.3 Å². The number of nitrogens with one attached hydrogen (secondary N) is 1. The zero-order valence-electron chi connectivity index (χ0n) is 11.1. The van der Waals surface area contributed by atoms with E-state index in [1.54, 1.807) is 6.20 Å². The van der Waals surface area contributed by atoms with E-state index < -0.39 is 5.97 Å². The Balaban J connectivity index is 2.20. The van der Waals surface area contributed by atoms with Gasteiger partial charge in [-0.1, -0.05) is 6.07 Å². The van der Waals surface area contributed by atoms with Crippen molar-refractivity contribution in [2.24, 2.45) is 0 Å². The van der Waals surface area contributed by atoms with Gasteiger partial charge in [-0.2, -0.15) is 0 Å². The van der Waals surface area contributed by atoms with Crippen molar-refractivity contribution in [1.29, 1.82) is 0 Å². The number of aromatic carboxylic acids is 1. The standard InChI is InChI=1S/C14H14N4O2/c1-8-3-2-5-16-11(8)13-17-10-7-15-6-4-9(10)12(18-13)14(19)20/h2-3,5,15H,4,6-7H2,1H3,(H,19,20). The quantitative estimate of drug-likeness (QED) is 0.852. The lowest BCUT2D eigenvalue weighted by atomic mass is 10.0.